The zero-order chi connectivity index (χ0) is 13.0. The second kappa shape index (κ2) is 6.04. The van der Waals surface area contributed by atoms with Crippen LogP contribution in [0.5, 0.6) is 0 Å². The van der Waals surface area contributed by atoms with Crippen molar-refractivity contribution < 1.29 is 14.3 Å². The molecule has 2 amide bonds. The van der Waals surface area contributed by atoms with E-state index in [0.29, 0.717) is 38.5 Å². The Morgan fingerprint density at radius 3 is 2.44 bits per heavy atom. The Bertz CT molecular complexity index is 308. The van der Waals surface area contributed by atoms with Crippen LogP contribution >= 0.6 is 0 Å². The number of ether oxygens (including phenoxy) is 1. The number of methoxy groups -OCH3 is 1. The average Bonchev–Trinajstić information content (AvgIpc) is 2.91. The number of piperazine rings is 1. The molecule has 2 aliphatic rings. The molecule has 102 valence electrons. The third-order valence-corrected chi connectivity index (χ3v) is 3.69. The Kier molecular flexibility index (Phi) is 4.41. The lowest BCUT2D eigenvalue weighted by molar-refractivity contribution is -0.133. The lowest BCUT2D eigenvalue weighted by atomic mass is 10.0. The van der Waals surface area contributed by atoms with E-state index in [9.17, 15) is 9.59 Å². The molecule has 0 bridgehead atoms. The van der Waals surface area contributed by atoms with Crippen LogP contribution < -0.4 is 5.32 Å². The minimum absolute atomic E-state index is 0.216. The summed E-state index contributed by atoms with van der Waals surface area (Å²) in [5.74, 6) is 0.698. The second-order valence-corrected chi connectivity index (χ2v) is 4.90. The summed E-state index contributed by atoms with van der Waals surface area (Å²) < 4.78 is 4.67. The van der Waals surface area contributed by atoms with E-state index in [2.05, 4.69) is 10.1 Å². The Labute approximate surface area is 107 Å². The molecule has 0 saturated carbocycles. The fourth-order valence-electron chi connectivity index (χ4n) is 2.53. The van der Waals surface area contributed by atoms with E-state index in [1.165, 1.54) is 7.11 Å². The molecule has 2 rings (SSSR count). The van der Waals surface area contributed by atoms with Crippen LogP contribution in [0.2, 0.25) is 0 Å². The van der Waals surface area contributed by atoms with Crippen LogP contribution in [0.3, 0.4) is 0 Å². The molecule has 1 unspecified atom stereocenters. The average molecular weight is 255 g/mol. The van der Waals surface area contributed by atoms with Gasteiger partial charge < -0.3 is 19.9 Å². The van der Waals surface area contributed by atoms with Gasteiger partial charge in [0.15, 0.2) is 0 Å². The molecule has 6 nitrogen and oxygen atoms in total. The zero-order valence-corrected chi connectivity index (χ0v) is 10.9. The first kappa shape index (κ1) is 13.1. The van der Waals surface area contributed by atoms with Crippen molar-refractivity contribution in [3.05, 3.63) is 0 Å². The van der Waals surface area contributed by atoms with E-state index in [0.717, 1.165) is 19.5 Å². The number of hydrogen-bond acceptors (Lipinski definition) is 4. The summed E-state index contributed by atoms with van der Waals surface area (Å²) in [6.07, 6.45) is 1.42. The van der Waals surface area contributed by atoms with Crippen molar-refractivity contribution in [1.29, 1.82) is 0 Å². The van der Waals surface area contributed by atoms with Crippen LogP contribution in [0, 0.1) is 5.92 Å². The first-order valence-electron chi connectivity index (χ1n) is 6.52. The maximum atomic E-state index is 12.1. The predicted molar refractivity (Wildman–Crippen MR) is 66.2 cm³/mol. The highest BCUT2D eigenvalue weighted by Gasteiger charge is 2.26. The smallest absolute Gasteiger partial charge is 0.409 e. The summed E-state index contributed by atoms with van der Waals surface area (Å²) in [5.41, 5.74) is 0. The van der Waals surface area contributed by atoms with Gasteiger partial charge in [-0.2, -0.15) is 0 Å². The molecule has 6 heteroatoms. The van der Waals surface area contributed by atoms with Gasteiger partial charge in [0.1, 0.15) is 0 Å². The molecular formula is C12H21N3O3. The largest absolute Gasteiger partial charge is 0.453 e. The van der Waals surface area contributed by atoms with Crippen LogP contribution in [0.1, 0.15) is 12.8 Å². The summed E-state index contributed by atoms with van der Waals surface area (Å²) in [6.45, 7) is 4.35. The van der Waals surface area contributed by atoms with Gasteiger partial charge in [0.05, 0.1) is 7.11 Å². The Morgan fingerprint density at radius 1 is 1.22 bits per heavy atom. The molecule has 0 aromatic heterocycles. The first-order valence-corrected chi connectivity index (χ1v) is 6.52. The molecule has 0 aromatic carbocycles. The summed E-state index contributed by atoms with van der Waals surface area (Å²) in [4.78, 5) is 26.9. The quantitative estimate of drug-likeness (QED) is 0.748. The molecule has 18 heavy (non-hydrogen) atoms. The maximum absolute atomic E-state index is 12.1. The molecule has 2 saturated heterocycles. The molecule has 0 spiro atoms. The lowest BCUT2D eigenvalue weighted by Crippen LogP contribution is -2.50. The molecule has 0 aliphatic carbocycles. The SMILES string of the molecule is COC(=O)N1CCN(C(=O)CC2CCNC2)CC1. The fraction of sp³-hybridized carbons (Fsp3) is 0.833. The molecule has 2 heterocycles. The third-order valence-electron chi connectivity index (χ3n) is 3.69. The van der Waals surface area contributed by atoms with Gasteiger partial charge in [0.2, 0.25) is 5.91 Å². The van der Waals surface area contributed by atoms with Crippen molar-refractivity contribution in [2.24, 2.45) is 5.92 Å². The number of rotatable bonds is 2. The second-order valence-electron chi connectivity index (χ2n) is 4.90. The highest BCUT2D eigenvalue weighted by atomic mass is 16.5. The first-order chi connectivity index (χ1) is 8.70. The topological polar surface area (TPSA) is 61.9 Å². The van der Waals surface area contributed by atoms with E-state index < -0.39 is 0 Å². The number of amides is 2. The Hall–Kier alpha value is -1.30. The van der Waals surface area contributed by atoms with Gasteiger partial charge in [-0.1, -0.05) is 0 Å². The number of hydrogen-bond donors (Lipinski definition) is 1. The van der Waals surface area contributed by atoms with Crippen molar-refractivity contribution in [2.75, 3.05) is 46.4 Å². The standard InChI is InChI=1S/C12H21N3O3/c1-18-12(17)15-6-4-14(5-7-15)11(16)8-10-2-3-13-9-10/h10,13H,2-9H2,1H3. The molecule has 0 aromatic rings. The van der Waals surface area contributed by atoms with E-state index in [4.69, 9.17) is 0 Å². The van der Waals surface area contributed by atoms with Gasteiger partial charge in [0, 0.05) is 32.6 Å². The van der Waals surface area contributed by atoms with Gasteiger partial charge in [-0.15, -0.1) is 0 Å². The molecule has 1 N–H and O–H groups in total. The van der Waals surface area contributed by atoms with E-state index in [1.807, 2.05) is 4.90 Å². The normalized spacial score (nSPS) is 24.2. The maximum Gasteiger partial charge on any atom is 0.409 e. The third kappa shape index (κ3) is 3.13. The number of nitrogens with zero attached hydrogens (tertiary/aromatic N) is 2. The number of carbonyl (C=O) groups excluding carboxylic acids is 2. The highest BCUT2D eigenvalue weighted by molar-refractivity contribution is 5.77. The van der Waals surface area contributed by atoms with Gasteiger partial charge in [-0.25, -0.2) is 4.79 Å². The van der Waals surface area contributed by atoms with E-state index in [1.54, 1.807) is 4.90 Å². The highest BCUT2D eigenvalue weighted by Crippen LogP contribution is 2.15. The van der Waals surface area contributed by atoms with Crippen molar-refractivity contribution in [2.45, 2.75) is 12.8 Å². The Morgan fingerprint density at radius 2 is 1.89 bits per heavy atom. The van der Waals surface area contributed by atoms with E-state index >= 15 is 0 Å². The fourth-order valence-corrected chi connectivity index (χ4v) is 2.53. The lowest BCUT2D eigenvalue weighted by Gasteiger charge is -2.34. The molecule has 2 aliphatic heterocycles. The Balaban J connectivity index is 1.74. The monoisotopic (exact) mass is 255 g/mol. The van der Waals surface area contributed by atoms with Gasteiger partial charge >= 0.3 is 6.09 Å². The predicted octanol–water partition coefficient (Wildman–Crippen LogP) is -0.103. The minimum Gasteiger partial charge on any atom is -0.453 e. The molecule has 2 fully saturated rings. The van der Waals surface area contributed by atoms with Crippen molar-refractivity contribution in [1.82, 2.24) is 15.1 Å². The zero-order valence-electron chi connectivity index (χ0n) is 10.9. The van der Waals surface area contributed by atoms with Crippen LogP contribution in [0.15, 0.2) is 0 Å². The summed E-state index contributed by atoms with van der Waals surface area (Å²) >= 11 is 0. The van der Waals surface area contributed by atoms with E-state index in [-0.39, 0.29) is 12.0 Å². The van der Waals surface area contributed by atoms with Crippen LogP contribution in [0.4, 0.5) is 4.79 Å². The molecule has 1 atom stereocenters. The summed E-state index contributed by atoms with van der Waals surface area (Å²) in [7, 11) is 1.38. The number of nitrogens with one attached hydrogen (secondary N) is 1. The summed E-state index contributed by atoms with van der Waals surface area (Å²) in [5, 5.41) is 3.27. The van der Waals surface area contributed by atoms with Crippen LogP contribution in [-0.4, -0.2) is 68.2 Å². The van der Waals surface area contributed by atoms with Crippen LogP contribution in [-0.2, 0) is 9.53 Å². The van der Waals surface area contributed by atoms with Gasteiger partial charge in [0.25, 0.3) is 0 Å². The number of carbonyl (C=O) groups is 2. The minimum atomic E-state index is -0.304. The van der Waals surface area contributed by atoms with Gasteiger partial charge in [-0.05, 0) is 25.4 Å². The van der Waals surface area contributed by atoms with Gasteiger partial charge in [-0.3, -0.25) is 4.79 Å². The van der Waals surface area contributed by atoms with Crippen molar-refractivity contribution in [3.8, 4) is 0 Å². The van der Waals surface area contributed by atoms with Crippen molar-refractivity contribution in [3.63, 3.8) is 0 Å². The van der Waals surface area contributed by atoms with Crippen LogP contribution in [0.25, 0.3) is 0 Å². The molecule has 0 radical (unpaired) electrons. The molecular weight excluding hydrogens is 234 g/mol. The summed E-state index contributed by atoms with van der Waals surface area (Å²) in [6, 6.07) is 0. The van der Waals surface area contributed by atoms with Crippen molar-refractivity contribution >= 4 is 12.0 Å².